The summed E-state index contributed by atoms with van der Waals surface area (Å²) in [5.74, 6) is 0.110. The number of nitrogens with one attached hydrogen (secondary N) is 1. The predicted octanol–water partition coefficient (Wildman–Crippen LogP) is 4.65. The molecule has 0 aliphatic carbocycles. The molecule has 0 unspecified atom stereocenters. The molecule has 0 spiro atoms. The van der Waals surface area contributed by atoms with Crippen LogP contribution in [0, 0.1) is 6.92 Å². The number of nitrogens with zero attached hydrogens (tertiary/aromatic N) is 3. The van der Waals surface area contributed by atoms with Crippen molar-refractivity contribution in [1.29, 1.82) is 0 Å². The van der Waals surface area contributed by atoms with Gasteiger partial charge in [0.05, 0.1) is 21.7 Å². The first-order valence-electron chi connectivity index (χ1n) is 8.65. The van der Waals surface area contributed by atoms with E-state index in [0.717, 1.165) is 0 Å². The molecule has 0 bridgehead atoms. The van der Waals surface area contributed by atoms with Crippen LogP contribution in [-0.2, 0) is 0 Å². The summed E-state index contributed by atoms with van der Waals surface area (Å²) in [6.45, 7) is 1.73. The molecule has 4 rings (SSSR count). The maximum absolute atomic E-state index is 12.9. The van der Waals surface area contributed by atoms with Gasteiger partial charge < -0.3 is 5.32 Å². The van der Waals surface area contributed by atoms with Crippen LogP contribution in [0.25, 0.3) is 16.7 Å². The number of aromatic nitrogens is 3. The van der Waals surface area contributed by atoms with Crippen LogP contribution in [0.3, 0.4) is 0 Å². The highest BCUT2D eigenvalue weighted by Gasteiger charge is 2.13. The van der Waals surface area contributed by atoms with Crippen LogP contribution in [0.5, 0.6) is 0 Å². The van der Waals surface area contributed by atoms with Gasteiger partial charge in [0.1, 0.15) is 5.82 Å². The van der Waals surface area contributed by atoms with Crippen molar-refractivity contribution >= 4 is 45.8 Å². The molecular weight excluding hydrogens is 411 g/mol. The second-order valence-electron chi connectivity index (χ2n) is 6.30. The van der Waals surface area contributed by atoms with E-state index in [1.807, 2.05) is 0 Å². The number of hydrogen-bond acceptors (Lipinski definition) is 4. The zero-order valence-corrected chi connectivity index (χ0v) is 16.7. The Morgan fingerprint density at radius 1 is 1.07 bits per heavy atom. The third-order valence-electron chi connectivity index (χ3n) is 4.35. The molecule has 0 fully saturated rings. The lowest BCUT2D eigenvalue weighted by Crippen LogP contribution is -2.22. The molecule has 144 valence electrons. The van der Waals surface area contributed by atoms with E-state index < -0.39 is 0 Å². The van der Waals surface area contributed by atoms with Crippen molar-refractivity contribution < 1.29 is 4.79 Å². The highest BCUT2D eigenvalue weighted by atomic mass is 35.5. The van der Waals surface area contributed by atoms with Gasteiger partial charge in [-0.05, 0) is 55.5 Å². The number of anilines is 1. The summed E-state index contributed by atoms with van der Waals surface area (Å²) >= 11 is 12.0. The summed E-state index contributed by atoms with van der Waals surface area (Å²) in [5, 5.41) is 3.91. The standard InChI is InChI=1S/C21H14Cl2N4O2/c1-12-25-19-17(6-3-9-24-19)21(29)27(12)15-5-2-4-14(11-15)26-20(28)16-8-7-13(22)10-18(16)23/h2-11H,1H3,(H,26,28). The van der Waals surface area contributed by atoms with Crippen molar-refractivity contribution in [3.8, 4) is 5.69 Å². The van der Waals surface area contributed by atoms with Gasteiger partial charge in [0.2, 0.25) is 0 Å². The van der Waals surface area contributed by atoms with E-state index >= 15 is 0 Å². The van der Waals surface area contributed by atoms with Gasteiger partial charge in [0.25, 0.3) is 11.5 Å². The quantitative estimate of drug-likeness (QED) is 0.519. The molecule has 8 heteroatoms. The Balaban J connectivity index is 1.72. The lowest BCUT2D eigenvalue weighted by molar-refractivity contribution is 0.102. The van der Waals surface area contributed by atoms with Gasteiger partial charge in [-0.3, -0.25) is 14.2 Å². The second-order valence-corrected chi connectivity index (χ2v) is 7.15. The summed E-state index contributed by atoms with van der Waals surface area (Å²) in [7, 11) is 0. The normalized spacial score (nSPS) is 10.9. The summed E-state index contributed by atoms with van der Waals surface area (Å²) in [6, 6.07) is 15.0. The summed E-state index contributed by atoms with van der Waals surface area (Å²) in [4.78, 5) is 34.1. The number of aryl methyl sites for hydroxylation is 1. The van der Waals surface area contributed by atoms with E-state index in [4.69, 9.17) is 23.2 Å². The summed E-state index contributed by atoms with van der Waals surface area (Å²) < 4.78 is 1.48. The number of carbonyl (C=O) groups excluding carboxylic acids is 1. The SMILES string of the molecule is Cc1nc2ncccc2c(=O)n1-c1cccc(NC(=O)c2ccc(Cl)cc2Cl)c1. The van der Waals surface area contributed by atoms with Crippen molar-refractivity contribution in [2.45, 2.75) is 6.92 Å². The number of carbonyl (C=O) groups is 1. The second kappa shape index (κ2) is 7.66. The molecule has 0 radical (unpaired) electrons. The Hall–Kier alpha value is -3.22. The van der Waals surface area contributed by atoms with Crippen LogP contribution in [0.15, 0.2) is 65.6 Å². The lowest BCUT2D eigenvalue weighted by Gasteiger charge is -2.12. The van der Waals surface area contributed by atoms with E-state index in [1.54, 1.807) is 61.7 Å². The largest absolute Gasteiger partial charge is 0.322 e. The minimum absolute atomic E-state index is 0.232. The van der Waals surface area contributed by atoms with Crippen molar-refractivity contribution in [2.24, 2.45) is 0 Å². The third-order valence-corrected chi connectivity index (χ3v) is 4.90. The third kappa shape index (κ3) is 3.72. The molecule has 2 heterocycles. The maximum atomic E-state index is 12.9. The molecule has 1 amide bonds. The van der Waals surface area contributed by atoms with Crippen LogP contribution < -0.4 is 10.9 Å². The fourth-order valence-electron chi connectivity index (χ4n) is 3.02. The summed E-state index contributed by atoms with van der Waals surface area (Å²) in [6.07, 6.45) is 1.59. The molecule has 2 aromatic heterocycles. The Kier molecular flexibility index (Phi) is 5.05. The zero-order valence-electron chi connectivity index (χ0n) is 15.2. The van der Waals surface area contributed by atoms with E-state index in [-0.39, 0.29) is 16.5 Å². The van der Waals surface area contributed by atoms with E-state index in [9.17, 15) is 9.59 Å². The summed E-state index contributed by atoms with van der Waals surface area (Å²) in [5.41, 5.74) is 1.55. The topological polar surface area (TPSA) is 76.9 Å². The molecular formula is C21H14Cl2N4O2. The maximum Gasteiger partial charge on any atom is 0.267 e. The number of pyridine rings is 1. The minimum atomic E-state index is -0.381. The zero-order chi connectivity index (χ0) is 20.5. The lowest BCUT2D eigenvalue weighted by atomic mass is 10.2. The molecule has 0 aliphatic rings. The van der Waals surface area contributed by atoms with Crippen molar-refractivity contribution in [2.75, 3.05) is 5.32 Å². The molecule has 0 aliphatic heterocycles. The first-order valence-corrected chi connectivity index (χ1v) is 9.41. The van der Waals surface area contributed by atoms with Gasteiger partial charge in [-0.25, -0.2) is 9.97 Å². The molecule has 0 saturated carbocycles. The number of benzene rings is 2. The average Bonchev–Trinajstić information content (AvgIpc) is 2.68. The van der Waals surface area contributed by atoms with E-state index in [1.165, 1.54) is 10.6 Å². The van der Waals surface area contributed by atoms with Gasteiger partial charge in [0, 0.05) is 16.9 Å². The average molecular weight is 425 g/mol. The molecule has 29 heavy (non-hydrogen) atoms. The van der Waals surface area contributed by atoms with Crippen LogP contribution in [0.4, 0.5) is 5.69 Å². The van der Waals surface area contributed by atoms with Gasteiger partial charge in [0.15, 0.2) is 5.65 Å². The fourth-order valence-corrected chi connectivity index (χ4v) is 3.52. The predicted molar refractivity (Wildman–Crippen MR) is 114 cm³/mol. The van der Waals surface area contributed by atoms with Crippen molar-refractivity contribution in [3.63, 3.8) is 0 Å². The van der Waals surface area contributed by atoms with Crippen LogP contribution >= 0.6 is 23.2 Å². The minimum Gasteiger partial charge on any atom is -0.322 e. The number of hydrogen-bond donors (Lipinski definition) is 1. The molecule has 6 nitrogen and oxygen atoms in total. The highest BCUT2D eigenvalue weighted by molar-refractivity contribution is 6.37. The number of rotatable bonds is 3. The Morgan fingerprint density at radius 2 is 1.90 bits per heavy atom. The van der Waals surface area contributed by atoms with Crippen LogP contribution in [0.1, 0.15) is 16.2 Å². The molecule has 2 aromatic carbocycles. The first kappa shape index (κ1) is 19.1. The molecule has 1 N–H and O–H groups in total. The Labute approximate surface area is 175 Å². The Morgan fingerprint density at radius 3 is 2.69 bits per heavy atom. The Bertz CT molecular complexity index is 1320. The fraction of sp³-hybridized carbons (Fsp3) is 0.0476. The molecule has 0 saturated heterocycles. The van der Waals surface area contributed by atoms with E-state index in [0.29, 0.717) is 38.8 Å². The molecule has 4 aromatic rings. The van der Waals surface area contributed by atoms with E-state index in [2.05, 4.69) is 15.3 Å². The van der Waals surface area contributed by atoms with Crippen molar-refractivity contribution in [3.05, 3.63) is 92.6 Å². The van der Waals surface area contributed by atoms with Gasteiger partial charge in [-0.15, -0.1) is 0 Å². The first-order chi connectivity index (χ1) is 13.9. The number of fused-ring (bicyclic) bond motifs is 1. The van der Waals surface area contributed by atoms with Crippen LogP contribution in [0.2, 0.25) is 10.0 Å². The van der Waals surface area contributed by atoms with Crippen LogP contribution in [-0.4, -0.2) is 20.4 Å². The van der Waals surface area contributed by atoms with Crippen molar-refractivity contribution in [1.82, 2.24) is 14.5 Å². The molecule has 0 atom stereocenters. The smallest absolute Gasteiger partial charge is 0.267 e. The van der Waals surface area contributed by atoms with Gasteiger partial charge in [-0.1, -0.05) is 29.3 Å². The number of halogens is 2. The van der Waals surface area contributed by atoms with Gasteiger partial charge >= 0.3 is 0 Å². The monoisotopic (exact) mass is 424 g/mol. The highest BCUT2D eigenvalue weighted by Crippen LogP contribution is 2.23. The number of amides is 1. The van der Waals surface area contributed by atoms with Gasteiger partial charge in [-0.2, -0.15) is 0 Å².